The first-order valence-electron chi connectivity index (χ1n) is 9.05. The summed E-state index contributed by atoms with van der Waals surface area (Å²) in [4.78, 5) is 14.9. The third-order valence-electron chi connectivity index (χ3n) is 5.34. The van der Waals surface area contributed by atoms with Crippen LogP contribution in [0.25, 0.3) is 0 Å². The Kier molecular flexibility index (Phi) is 5.67. The minimum atomic E-state index is 0.0219. The van der Waals surface area contributed by atoms with E-state index in [4.69, 9.17) is 22.1 Å². The van der Waals surface area contributed by atoms with E-state index >= 15 is 0 Å². The monoisotopic (exact) mass is 350 g/mol. The van der Waals surface area contributed by atoms with Crippen molar-refractivity contribution in [2.24, 2.45) is 11.7 Å². The highest BCUT2D eigenvalue weighted by atomic mass is 35.5. The van der Waals surface area contributed by atoms with Gasteiger partial charge >= 0.3 is 0 Å². The number of likely N-dealkylation sites (tertiary alicyclic amines) is 1. The van der Waals surface area contributed by atoms with Crippen molar-refractivity contribution < 1.29 is 9.53 Å². The Morgan fingerprint density at radius 2 is 1.92 bits per heavy atom. The molecule has 1 aromatic rings. The Hall–Kier alpha value is -1.26. The third kappa shape index (κ3) is 4.04. The van der Waals surface area contributed by atoms with Gasteiger partial charge in [-0.25, -0.2) is 0 Å². The molecule has 0 aromatic heterocycles. The number of nitrogens with zero attached hydrogens (tertiary/aromatic N) is 1. The second-order valence-electron chi connectivity index (χ2n) is 7.15. The van der Waals surface area contributed by atoms with Gasteiger partial charge in [-0.3, -0.25) is 4.79 Å². The van der Waals surface area contributed by atoms with Crippen LogP contribution in [0.2, 0.25) is 5.02 Å². The number of nitrogens with two attached hydrogens (primary N) is 1. The van der Waals surface area contributed by atoms with Crippen molar-refractivity contribution in [2.45, 2.75) is 57.6 Å². The van der Waals surface area contributed by atoms with Gasteiger partial charge in [0, 0.05) is 24.2 Å². The van der Waals surface area contributed by atoms with Gasteiger partial charge in [0.05, 0.1) is 11.7 Å². The van der Waals surface area contributed by atoms with Gasteiger partial charge in [0.15, 0.2) is 0 Å². The average molecular weight is 351 g/mol. The number of amides is 1. The molecular weight excluding hydrogens is 324 g/mol. The number of piperidine rings is 1. The molecule has 3 rings (SSSR count). The number of carbonyl (C=O) groups is 1. The van der Waals surface area contributed by atoms with E-state index in [1.54, 1.807) is 12.1 Å². The van der Waals surface area contributed by atoms with Crippen LogP contribution >= 0.6 is 11.6 Å². The summed E-state index contributed by atoms with van der Waals surface area (Å²) in [7, 11) is 0. The van der Waals surface area contributed by atoms with Crippen LogP contribution in [-0.4, -0.2) is 36.0 Å². The molecule has 1 aliphatic heterocycles. The Morgan fingerprint density at radius 3 is 2.54 bits per heavy atom. The van der Waals surface area contributed by atoms with Crippen molar-refractivity contribution >= 4 is 17.5 Å². The van der Waals surface area contributed by atoms with Crippen molar-refractivity contribution in [1.29, 1.82) is 0 Å². The summed E-state index contributed by atoms with van der Waals surface area (Å²) in [5, 5.41) is 0.572. The van der Waals surface area contributed by atoms with Crippen molar-refractivity contribution in [3.63, 3.8) is 0 Å². The predicted molar refractivity (Wildman–Crippen MR) is 96.6 cm³/mol. The highest BCUT2D eigenvalue weighted by Gasteiger charge is 2.28. The van der Waals surface area contributed by atoms with Gasteiger partial charge in [0.1, 0.15) is 5.75 Å². The number of benzene rings is 1. The minimum Gasteiger partial charge on any atom is -0.490 e. The lowest BCUT2D eigenvalue weighted by Crippen LogP contribution is -2.42. The maximum absolute atomic E-state index is 13.0. The lowest BCUT2D eigenvalue weighted by molar-refractivity contribution is 0.0674. The third-order valence-corrected chi connectivity index (χ3v) is 5.57. The van der Waals surface area contributed by atoms with Crippen molar-refractivity contribution in [3.05, 3.63) is 28.8 Å². The number of ether oxygens (including phenoxy) is 1. The van der Waals surface area contributed by atoms with Crippen LogP contribution < -0.4 is 10.5 Å². The van der Waals surface area contributed by atoms with E-state index in [1.165, 1.54) is 12.8 Å². The Balaban J connectivity index is 1.72. The summed E-state index contributed by atoms with van der Waals surface area (Å²) in [6.45, 7) is 3.55. The molecule has 1 saturated heterocycles. The van der Waals surface area contributed by atoms with Crippen LogP contribution in [0.5, 0.6) is 5.75 Å². The molecule has 1 saturated carbocycles. The van der Waals surface area contributed by atoms with E-state index in [0.29, 0.717) is 22.3 Å². The average Bonchev–Trinajstić information content (AvgIpc) is 3.09. The zero-order chi connectivity index (χ0) is 17.1. The molecule has 1 aromatic carbocycles. The molecule has 1 heterocycles. The second kappa shape index (κ2) is 7.75. The SMILES string of the molecule is CC(N)C1CCN(C(=O)c2cc(Cl)ccc2OC2CCCC2)CC1. The van der Waals surface area contributed by atoms with Crippen molar-refractivity contribution in [3.8, 4) is 5.75 Å². The predicted octanol–water partition coefficient (Wildman–Crippen LogP) is 3.86. The maximum Gasteiger partial charge on any atom is 0.257 e. The molecule has 1 aliphatic carbocycles. The standard InChI is InChI=1S/C19H27ClN2O2/c1-13(21)14-8-10-22(11-9-14)19(23)17-12-15(20)6-7-18(17)24-16-4-2-3-5-16/h6-7,12-14,16H,2-5,8-11,21H2,1H3. The molecule has 5 heteroatoms. The first-order chi connectivity index (χ1) is 11.5. The van der Waals surface area contributed by atoms with Crippen LogP contribution in [0.15, 0.2) is 18.2 Å². The van der Waals surface area contributed by atoms with Gasteiger partial charge in [0.2, 0.25) is 0 Å². The van der Waals surface area contributed by atoms with Gasteiger partial charge in [-0.15, -0.1) is 0 Å². The van der Waals surface area contributed by atoms with Gasteiger partial charge in [-0.05, 0) is 69.6 Å². The maximum atomic E-state index is 13.0. The van der Waals surface area contributed by atoms with Crippen LogP contribution in [-0.2, 0) is 0 Å². The molecule has 1 atom stereocenters. The van der Waals surface area contributed by atoms with Crippen molar-refractivity contribution in [1.82, 2.24) is 4.90 Å². The molecular formula is C19H27ClN2O2. The van der Waals surface area contributed by atoms with E-state index in [1.807, 2.05) is 17.9 Å². The highest BCUT2D eigenvalue weighted by molar-refractivity contribution is 6.31. The Bertz CT molecular complexity index is 577. The number of carbonyl (C=O) groups excluding carboxylic acids is 1. The lowest BCUT2D eigenvalue weighted by Gasteiger charge is -2.34. The summed E-state index contributed by atoms with van der Waals surface area (Å²) in [5.74, 6) is 1.20. The topological polar surface area (TPSA) is 55.6 Å². The lowest BCUT2D eigenvalue weighted by atomic mass is 9.90. The van der Waals surface area contributed by atoms with Crippen LogP contribution in [0.3, 0.4) is 0 Å². The smallest absolute Gasteiger partial charge is 0.257 e. The number of hydrogen-bond acceptors (Lipinski definition) is 3. The molecule has 132 valence electrons. The van der Waals surface area contributed by atoms with Crippen molar-refractivity contribution in [2.75, 3.05) is 13.1 Å². The minimum absolute atomic E-state index is 0.0219. The molecule has 1 amide bonds. The van der Waals surface area contributed by atoms with E-state index in [2.05, 4.69) is 0 Å². The number of hydrogen-bond donors (Lipinski definition) is 1. The van der Waals surface area contributed by atoms with Gasteiger partial charge in [0.25, 0.3) is 5.91 Å². The molecule has 24 heavy (non-hydrogen) atoms. The fraction of sp³-hybridized carbons (Fsp3) is 0.632. The summed E-state index contributed by atoms with van der Waals surface area (Å²) < 4.78 is 6.11. The van der Waals surface area contributed by atoms with E-state index in [9.17, 15) is 4.79 Å². The zero-order valence-corrected chi connectivity index (χ0v) is 15.1. The summed E-state index contributed by atoms with van der Waals surface area (Å²) in [6, 6.07) is 5.56. The fourth-order valence-corrected chi connectivity index (χ4v) is 3.93. The zero-order valence-electron chi connectivity index (χ0n) is 14.3. The van der Waals surface area contributed by atoms with Gasteiger partial charge < -0.3 is 15.4 Å². The summed E-state index contributed by atoms with van der Waals surface area (Å²) >= 11 is 6.14. The molecule has 4 nitrogen and oxygen atoms in total. The van der Waals surface area contributed by atoms with Crippen LogP contribution in [0.4, 0.5) is 0 Å². The first-order valence-corrected chi connectivity index (χ1v) is 9.43. The van der Waals surface area contributed by atoms with E-state index in [-0.39, 0.29) is 18.1 Å². The molecule has 2 aliphatic rings. The van der Waals surface area contributed by atoms with Crippen LogP contribution in [0, 0.1) is 5.92 Å². The molecule has 0 radical (unpaired) electrons. The van der Waals surface area contributed by atoms with E-state index in [0.717, 1.165) is 38.8 Å². The van der Waals surface area contributed by atoms with Crippen LogP contribution in [0.1, 0.15) is 55.8 Å². The number of rotatable bonds is 4. The first kappa shape index (κ1) is 17.6. The number of halogens is 1. The molecule has 0 bridgehead atoms. The van der Waals surface area contributed by atoms with E-state index < -0.39 is 0 Å². The quantitative estimate of drug-likeness (QED) is 0.897. The normalized spacial score (nSPS) is 21.0. The Morgan fingerprint density at radius 1 is 1.25 bits per heavy atom. The molecule has 0 spiro atoms. The fourth-order valence-electron chi connectivity index (χ4n) is 3.76. The highest BCUT2D eigenvalue weighted by Crippen LogP contribution is 2.30. The second-order valence-corrected chi connectivity index (χ2v) is 7.59. The summed E-state index contributed by atoms with van der Waals surface area (Å²) in [5.41, 5.74) is 6.59. The molecule has 2 fully saturated rings. The Labute approximate surface area is 149 Å². The molecule has 1 unspecified atom stereocenters. The largest absolute Gasteiger partial charge is 0.490 e. The summed E-state index contributed by atoms with van der Waals surface area (Å²) in [6.07, 6.45) is 6.68. The van der Waals surface area contributed by atoms with Gasteiger partial charge in [-0.1, -0.05) is 11.6 Å². The molecule has 2 N–H and O–H groups in total. The van der Waals surface area contributed by atoms with Gasteiger partial charge in [-0.2, -0.15) is 0 Å².